The largest absolute Gasteiger partial charge is 0.454 e. The maximum absolute atomic E-state index is 11.0. The van der Waals surface area contributed by atoms with Gasteiger partial charge in [-0.05, 0) is 31.2 Å². The third-order valence-corrected chi connectivity index (χ3v) is 3.60. The van der Waals surface area contributed by atoms with Gasteiger partial charge in [0.15, 0.2) is 5.75 Å². The van der Waals surface area contributed by atoms with Gasteiger partial charge in [-0.3, -0.25) is 10.1 Å². The van der Waals surface area contributed by atoms with Gasteiger partial charge in [0.2, 0.25) is 0 Å². The van der Waals surface area contributed by atoms with Gasteiger partial charge in [0.05, 0.1) is 22.4 Å². The van der Waals surface area contributed by atoms with Crippen molar-refractivity contribution in [2.24, 2.45) is 0 Å². The van der Waals surface area contributed by atoms with Gasteiger partial charge in [0.25, 0.3) is 5.69 Å². The van der Waals surface area contributed by atoms with Gasteiger partial charge in [0, 0.05) is 11.6 Å². The number of aromatic nitrogens is 2. The van der Waals surface area contributed by atoms with Gasteiger partial charge < -0.3 is 4.74 Å². The molecular weight excluding hydrogens is 282 g/mol. The van der Waals surface area contributed by atoms with Crippen molar-refractivity contribution in [1.82, 2.24) is 9.78 Å². The molecule has 0 radical (unpaired) electrons. The highest BCUT2D eigenvalue weighted by atomic mass is 16.6. The molecule has 0 spiro atoms. The van der Waals surface area contributed by atoms with Crippen LogP contribution in [0.2, 0.25) is 0 Å². The number of hydrogen-bond donors (Lipinski definition) is 0. The van der Waals surface area contributed by atoms with E-state index >= 15 is 0 Å². The van der Waals surface area contributed by atoms with E-state index in [4.69, 9.17) is 4.74 Å². The summed E-state index contributed by atoms with van der Waals surface area (Å²) in [6, 6.07) is 14.1. The Morgan fingerprint density at radius 1 is 1.14 bits per heavy atom. The predicted octanol–water partition coefficient (Wildman–Crippen LogP) is 3.86. The molecule has 0 saturated carbocycles. The molecule has 22 heavy (non-hydrogen) atoms. The van der Waals surface area contributed by atoms with Crippen molar-refractivity contribution in [2.45, 2.75) is 6.92 Å². The average molecular weight is 293 g/mol. The van der Waals surface area contributed by atoms with Crippen LogP contribution in [0.15, 0.2) is 48.5 Å². The molecule has 0 bridgehead atoms. The van der Waals surface area contributed by atoms with Crippen molar-refractivity contribution in [3.8, 4) is 28.4 Å². The summed E-state index contributed by atoms with van der Waals surface area (Å²) < 4.78 is 7.67. The normalized spacial score (nSPS) is 11.7. The highest BCUT2D eigenvalue weighted by molar-refractivity contribution is 5.73. The minimum Gasteiger partial charge on any atom is -0.454 e. The minimum atomic E-state index is -0.435. The number of para-hydroxylation sites is 1. The van der Waals surface area contributed by atoms with Crippen LogP contribution in [0.3, 0.4) is 0 Å². The molecule has 0 atom stereocenters. The van der Waals surface area contributed by atoms with Crippen molar-refractivity contribution >= 4 is 5.69 Å². The van der Waals surface area contributed by atoms with E-state index in [1.54, 1.807) is 10.7 Å². The molecule has 0 aliphatic carbocycles. The van der Waals surface area contributed by atoms with Crippen LogP contribution in [0.5, 0.6) is 11.5 Å². The lowest BCUT2D eigenvalue weighted by molar-refractivity contribution is -0.384. The molecule has 1 aliphatic rings. The molecule has 1 aromatic heterocycles. The van der Waals surface area contributed by atoms with Crippen LogP contribution in [0.25, 0.3) is 16.9 Å². The van der Waals surface area contributed by atoms with Crippen molar-refractivity contribution in [2.75, 3.05) is 0 Å². The number of nitrogens with zero attached hydrogens (tertiary/aromatic N) is 3. The van der Waals surface area contributed by atoms with Gasteiger partial charge in [0.1, 0.15) is 11.4 Å². The summed E-state index contributed by atoms with van der Waals surface area (Å²) in [6.45, 7) is 1.91. The maximum Gasteiger partial charge on any atom is 0.273 e. The van der Waals surface area contributed by atoms with Crippen LogP contribution in [0, 0.1) is 17.0 Å². The molecule has 1 aliphatic heterocycles. The standard InChI is InChI=1S/C16H11N3O3/c1-10-8-14-12-4-2-3-5-15(12)22-16-9-11(19(20)21)6-7-13(16)18(14)17-10/h2-9H,1H3. The number of fused-ring (bicyclic) bond motifs is 5. The summed E-state index contributed by atoms with van der Waals surface area (Å²) in [6.07, 6.45) is 0. The van der Waals surface area contributed by atoms with E-state index in [-0.39, 0.29) is 5.69 Å². The van der Waals surface area contributed by atoms with Crippen LogP contribution in [-0.4, -0.2) is 14.7 Å². The summed E-state index contributed by atoms with van der Waals surface area (Å²) in [5, 5.41) is 15.5. The molecule has 2 aromatic carbocycles. The first-order valence-corrected chi connectivity index (χ1v) is 6.76. The topological polar surface area (TPSA) is 70.2 Å². The van der Waals surface area contributed by atoms with Gasteiger partial charge in [-0.25, -0.2) is 4.68 Å². The maximum atomic E-state index is 11.0. The smallest absolute Gasteiger partial charge is 0.273 e. The van der Waals surface area contributed by atoms with Gasteiger partial charge in [-0.15, -0.1) is 0 Å². The number of benzene rings is 2. The summed E-state index contributed by atoms with van der Waals surface area (Å²) in [5.74, 6) is 1.08. The molecule has 6 nitrogen and oxygen atoms in total. The lowest BCUT2D eigenvalue weighted by Gasteiger charge is -2.08. The van der Waals surface area contributed by atoms with Gasteiger partial charge in [-0.1, -0.05) is 12.1 Å². The molecule has 4 rings (SSSR count). The Morgan fingerprint density at radius 2 is 1.95 bits per heavy atom. The first-order chi connectivity index (χ1) is 10.6. The number of hydrogen-bond acceptors (Lipinski definition) is 4. The number of nitro benzene ring substituents is 1. The Hall–Kier alpha value is -3.15. The summed E-state index contributed by atoms with van der Waals surface area (Å²) >= 11 is 0. The third kappa shape index (κ3) is 1.77. The lowest BCUT2D eigenvalue weighted by Crippen LogP contribution is -1.99. The minimum absolute atomic E-state index is 0.0106. The van der Waals surface area contributed by atoms with Crippen LogP contribution in [-0.2, 0) is 0 Å². The fourth-order valence-corrected chi connectivity index (χ4v) is 2.63. The average Bonchev–Trinajstić information content (AvgIpc) is 2.83. The van der Waals surface area contributed by atoms with Crippen LogP contribution >= 0.6 is 0 Å². The molecule has 3 aromatic rings. The summed E-state index contributed by atoms with van der Waals surface area (Å²) in [7, 11) is 0. The summed E-state index contributed by atoms with van der Waals surface area (Å²) in [5.41, 5.74) is 3.35. The molecule has 0 N–H and O–H groups in total. The highest BCUT2D eigenvalue weighted by Gasteiger charge is 2.23. The van der Waals surface area contributed by atoms with Crippen molar-refractivity contribution in [3.63, 3.8) is 0 Å². The first kappa shape index (κ1) is 12.6. The number of aryl methyl sites for hydroxylation is 1. The van der Waals surface area contributed by atoms with E-state index in [1.165, 1.54) is 12.1 Å². The fourth-order valence-electron chi connectivity index (χ4n) is 2.63. The highest BCUT2D eigenvalue weighted by Crippen LogP contribution is 2.42. The number of rotatable bonds is 1. The Kier molecular flexibility index (Phi) is 2.53. The van der Waals surface area contributed by atoms with Crippen molar-refractivity contribution in [1.29, 1.82) is 0 Å². The second-order valence-electron chi connectivity index (χ2n) is 5.09. The second kappa shape index (κ2) is 4.42. The Labute approximate surface area is 125 Å². The van der Waals surface area contributed by atoms with Gasteiger partial charge in [-0.2, -0.15) is 5.10 Å². The zero-order valence-electron chi connectivity index (χ0n) is 11.7. The van der Waals surface area contributed by atoms with E-state index in [0.29, 0.717) is 17.2 Å². The lowest BCUT2D eigenvalue weighted by atomic mass is 10.1. The molecule has 0 amide bonds. The van der Waals surface area contributed by atoms with E-state index in [2.05, 4.69) is 5.10 Å². The Bertz CT molecular complexity index is 915. The van der Waals surface area contributed by atoms with E-state index in [9.17, 15) is 10.1 Å². The molecule has 0 saturated heterocycles. The quantitative estimate of drug-likeness (QED) is 0.394. The Balaban J connectivity index is 2.05. The molecular formula is C16H11N3O3. The van der Waals surface area contributed by atoms with Crippen molar-refractivity contribution in [3.05, 3.63) is 64.3 Å². The fraction of sp³-hybridized carbons (Fsp3) is 0.0625. The van der Waals surface area contributed by atoms with Crippen LogP contribution in [0.4, 0.5) is 5.69 Å². The van der Waals surface area contributed by atoms with E-state index in [0.717, 1.165) is 17.0 Å². The first-order valence-electron chi connectivity index (χ1n) is 6.76. The zero-order chi connectivity index (χ0) is 15.3. The number of ether oxygens (including phenoxy) is 1. The molecule has 6 heteroatoms. The SMILES string of the molecule is Cc1cc2n(n1)-c1ccc([N+](=O)[O-])cc1Oc1ccccc1-2. The molecule has 108 valence electrons. The Morgan fingerprint density at radius 3 is 2.77 bits per heavy atom. The second-order valence-corrected chi connectivity index (χ2v) is 5.09. The van der Waals surface area contributed by atoms with Crippen molar-refractivity contribution < 1.29 is 9.66 Å². The van der Waals surface area contributed by atoms with Crippen LogP contribution in [0.1, 0.15) is 5.69 Å². The van der Waals surface area contributed by atoms with E-state index < -0.39 is 4.92 Å². The molecule has 0 fully saturated rings. The summed E-state index contributed by atoms with van der Waals surface area (Å²) in [4.78, 5) is 10.6. The molecule has 2 heterocycles. The number of non-ortho nitro benzene ring substituents is 1. The van der Waals surface area contributed by atoms with Gasteiger partial charge >= 0.3 is 0 Å². The monoisotopic (exact) mass is 293 g/mol. The zero-order valence-corrected chi connectivity index (χ0v) is 11.7. The predicted molar refractivity (Wildman–Crippen MR) is 80.5 cm³/mol. The number of nitro groups is 1. The van der Waals surface area contributed by atoms with E-state index in [1.807, 2.05) is 37.3 Å². The third-order valence-electron chi connectivity index (χ3n) is 3.60. The molecule has 0 unspecified atom stereocenters. The van der Waals surface area contributed by atoms with Crippen LogP contribution < -0.4 is 4.74 Å².